The van der Waals surface area contributed by atoms with E-state index in [4.69, 9.17) is 9.47 Å². The van der Waals surface area contributed by atoms with Gasteiger partial charge in [0, 0.05) is 23.7 Å². The minimum Gasteiger partial charge on any atom is -0.488 e. The molecule has 6 heteroatoms. The number of hydrogen-bond donors (Lipinski definition) is 0. The third kappa shape index (κ3) is 4.39. The van der Waals surface area contributed by atoms with Gasteiger partial charge in [-0.15, -0.1) is 0 Å². The van der Waals surface area contributed by atoms with Gasteiger partial charge in [0.1, 0.15) is 18.1 Å². The highest BCUT2D eigenvalue weighted by atomic mass is 16.5. The van der Waals surface area contributed by atoms with Gasteiger partial charge in [0.15, 0.2) is 12.4 Å². The predicted molar refractivity (Wildman–Crippen MR) is 136 cm³/mol. The molecule has 178 valence electrons. The first kappa shape index (κ1) is 22.7. The number of anilines is 1. The molecule has 6 nitrogen and oxygen atoms in total. The summed E-state index contributed by atoms with van der Waals surface area (Å²) in [5, 5.41) is 0.960. The summed E-state index contributed by atoms with van der Waals surface area (Å²) < 4.78 is 13.7. The van der Waals surface area contributed by atoms with Gasteiger partial charge >= 0.3 is 0 Å². The molecule has 0 fully saturated rings. The first-order valence-corrected chi connectivity index (χ1v) is 11.9. The van der Waals surface area contributed by atoms with Crippen LogP contribution in [-0.4, -0.2) is 29.4 Å². The molecule has 0 aliphatic carbocycles. The van der Waals surface area contributed by atoms with Crippen LogP contribution in [0.15, 0.2) is 79.0 Å². The van der Waals surface area contributed by atoms with Crippen LogP contribution in [0.3, 0.4) is 0 Å². The van der Waals surface area contributed by atoms with E-state index in [1.165, 1.54) is 0 Å². The fourth-order valence-electron chi connectivity index (χ4n) is 4.55. The van der Waals surface area contributed by atoms with Gasteiger partial charge in [-0.3, -0.25) is 9.59 Å². The Bertz CT molecular complexity index is 1380. The smallest absolute Gasteiger partial charge is 0.265 e. The molecule has 0 N–H and O–H groups in total. The molecular weight excluding hydrogens is 440 g/mol. The van der Waals surface area contributed by atoms with Gasteiger partial charge in [0.05, 0.1) is 17.2 Å². The average Bonchev–Trinajstić information content (AvgIpc) is 3.33. The van der Waals surface area contributed by atoms with Crippen molar-refractivity contribution in [2.24, 2.45) is 0 Å². The number of rotatable bonds is 8. The number of hydrogen-bond acceptors (Lipinski definition) is 4. The summed E-state index contributed by atoms with van der Waals surface area (Å²) in [5.74, 6) is 1.30. The second-order valence-electron chi connectivity index (χ2n) is 8.74. The first-order chi connectivity index (χ1) is 17.1. The van der Waals surface area contributed by atoms with Crippen LogP contribution in [0.2, 0.25) is 0 Å². The van der Waals surface area contributed by atoms with E-state index in [2.05, 4.69) is 0 Å². The number of benzene rings is 3. The Kier molecular flexibility index (Phi) is 6.27. The van der Waals surface area contributed by atoms with E-state index < -0.39 is 6.04 Å². The molecule has 3 aromatic carbocycles. The van der Waals surface area contributed by atoms with Crippen molar-refractivity contribution in [1.29, 1.82) is 0 Å². The summed E-state index contributed by atoms with van der Waals surface area (Å²) in [6.45, 7) is 5.01. The molecule has 0 saturated heterocycles. The van der Waals surface area contributed by atoms with Crippen molar-refractivity contribution >= 4 is 28.3 Å². The van der Waals surface area contributed by atoms with Gasteiger partial charge in [-0.1, -0.05) is 43.3 Å². The maximum absolute atomic E-state index is 13.5. The highest BCUT2D eigenvalue weighted by molar-refractivity contribution is 6.04. The molecular formula is C29H28N2O4. The lowest BCUT2D eigenvalue weighted by Crippen LogP contribution is -2.39. The van der Waals surface area contributed by atoms with Gasteiger partial charge in [-0.2, -0.15) is 0 Å². The number of amides is 1. The molecule has 1 aliphatic heterocycles. The molecule has 0 spiro atoms. The highest BCUT2D eigenvalue weighted by Crippen LogP contribution is 2.35. The zero-order valence-corrected chi connectivity index (χ0v) is 19.9. The molecule has 35 heavy (non-hydrogen) atoms. The average molecular weight is 469 g/mol. The monoisotopic (exact) mass is 468 g/mol. The van der Waals surface area contributed by atoms with E-state index >= 15 is 0 Å². The minimum absolute atomic E-state index is 0.0285. The SMILES string of the molecule is CCCN1C(=O)COc2ccc(C(=O)C(C)n3ccc4c(OCc5ccccc5)cccc43)cc21. The van der Waals surface area contributed by atoms with Crippen molar-refractivity contribution in [3.8, 4) is 11.5 Å². The van der Waals surface area contributed by atoms with E-state index in [0.29, 0.717) is 30.2 Å². The van der Waals surface area contributed by atoms with Crippen LogP contribution >= 0.6 is 0 Å². The van der Waals surface area contributed by atoms with E-state index in [1.54, 1.807) is 23.1 Å². The number of Topliss-reactive ketones (excluding diaryl/α,β-unsaturated/α-hetero) is 1. The Labute approximate surface area is 204 Å². The zero-order valence-electron chi connectivity index (χ0n) is 19.9. The van der Waals surface area contributed by atoms with E-state index in [-0.39, 0.29) is 18.3 Å². The predicted octanol–water partition coefficient (Wildman–Crippen LogP) is 5.80. The fraction of sp³-hybridized carbons (Fsp3) is 0.241. The topological polar surface area (TPSA) is 60.8 Å². The molecule has 0 radical (unpaired) electrons. The van der Waals surface area contributed by atoms with Crippen molar-refractivity contribution < 1.29 is 19.1 Å². The number of nitrogens with zero attached hydrogens (tertiary/aromatic N) is 2. The molecule has 0 bridgehead atoms. The zero-order chi connectivity index (χ0) is 24.4. The number of ketones is 1. The van der Waals surface area contributed by atoms with E-state index in [9.17, 15) is 9.59 Å². The molecule has 0 saturated carbocycles. The van der Waals surface area contributed by atoms with Crippen LogP contribution in [0.25, 0.3) is 10.9 Å². The largest absolute Gasteiger partial charge is 0.488 e. The summed E-state index contributed by atoms with van der Waals surface area (Å²) in [5.41, 5.74) is 3.24. The summed E-state index contributed by atoms with van der Waals surface area (Å²) in [7, 11) is 0. The molecule has 1 atom stereocenters. The van der Waals surface area contributed by atoms with Crippen LogP contribution in [0.5, 0.6) is 11.5 Å². The van der Waals surface area contributed by atoms with Crippen molar-refractivity contribution in [2.75, 3.05) is 18.1 Å². The Morgan fingerprint density at radius 1 is 1.06 bits per heavy atom. The molecule has 1 amide bonds. The van der Waals surface area contributed by atoms with Gasteiger partial charge in [-0.25, -0.2) is 0 Å². The lowest BCUT2D eigenvalue weighted by Gasteiger charge is -2.29. The number of carbonyl (C=O) groups is 2. The normalized spacial score (nSPS) is 13.9. The van der Waals surface area contributed by atoms with Crippen molar-refractivity contribution in [3.63, 3.8) is 0 Å². The maximum Gasteiger partial charge on any atom is 0.265 e. The second kappa shape index (κ2) is 9.66. The van der Waals surface area contributed by atoms with E-state index in [1.807, 2.05) is 79.2 Å². The Balaban J connectivity index is 1.41. The molecule has 5 rings (SSSR count). The summed E-state index contributed by atoms with van der Waals surface area (Å²) in [6.07, 6.45) is 2.75. The number of ether oxygens (including phenoxy) is 2. The third-order valence-corrected chi connectivity index (χ3v) is 6.39. The molecule has 4 aromatic rings. The number of fused-ring (bicyclic) bond motifs is 2. The Morgan fingerprint density at radius 2 is 1.89 bits per heavy atom. The van der Waals surface area contributed by atoms with Crippen molar-refractivity contribution in [1.82, 2.24) is 4.57 Å². The molecule has 1 unspecified atom stereocenters. The van der Waals surface area contributed by atoms with Crippen LogP contribution in [0.1, 0.15) is 42.2 Å². The van der Waals surface area contributed by atoms with Crippen molar-refractivity contribution in [3.05, 3.63) is 90.1 Å². The Morgan fingerprint density at radius 3 is 2.69 bits per heavy atom. The summed E-state index contributed by atoms with van der Waals surface area (Å²) >= 11 is 0. The number of carbonyl (C=O) groups excluding carboxylic acids is 2. The van der Waals surface area contributed by atoms with Gasteiger partial charge < -0.3 is 18.9 Å². The van der Waals surface area contributed by atoms with Gasteiger partial charge in [0.25, 0.3) is 5.91 Å². The number of aromatic nitrogens is 1. The van der Waals surface area contributed by atoms with E-state index in [0.717, 1.165) is 28.6 Å². The van der Waals surface area contributed by atoms with Crippen LogP contribution in [0, 0.1) is 0 Å². The van der Waals surface area contributed by atoms with Crippen LogP contribution < -0.4 is 14.4 Å². The van der Waals surface area contributed by atoms with Crippen molar-refractivity contribution in [2.45, 2.75) is 32.9 Å². The summed E-state index contributed by atoms with van der Waals surface area (Å²) in [6, 6.07) is 22.8. The standard InChI is InChI=1S/C29H28N2O4/c1-3-15-31-25-17-22(12-13-27(25)35-19-28(31)32)29(33)20(2)30-16-14-23-24(30)10-7-11-26(23)34-18-21-8-5-4-6-9-21/h4-14,16-17,20H,3,15,18-19H2,1-2H3. The van der Waals surface area contributed by atoms with Gasteiger partial charge in [0.2, 0.25) is 0 Å². The van der Waals surface area contributed by atoms with Crippen LogP contribution in [0.4, 0.5) is 5.69 Å². The summed E-state index contributed by atoms with van der Waals surface area (Å²) in [4.78, 5) is 27.6. The minimum atomic E-state index is -0.435. The fourth-order valence-corrected chi connectivity index (χ4v) is 4.55. The lowest BCUT2D eigenvalue weighted by atomic mass is 10.0. The third-order valence-electron chi connectivity index (χ3n) is 6.39. The quantitative estimate of drug-likeness (QED) is 0.307. The molecule has 1 aromatic heterocycles. The first-order valence-electron chi connectivity index (χ1n) is 11.9. The lowest BCUT2D eigenvalue weighted by molar-refractivity contribution is -0.121. The second-order valence-corrected chi connectivity index (χ2v) is 8.74. The van der Waals surface area contributed by atoms with Gasteiger partial charge in [-0.05, 0) is 55.3 Å². The highest BCUT2D eigenvalue weighted by Gasteiger charge is 2.27. The molecule has 1 aliphatic rings. The van der Waals surface area contributed by atoms with Crippen LogP contribution in [-0.2, 0) is 11.4 Å². The Hall–Kier alpha value is -4.06. The molecule has 2 heterocycles. The maximum atomic E-state index is 13.5.